The molecule has 0 radical (unpaired) electrons. The first-order chi connectivity index (χ1) is 27.6. The van der Waals surface area contributed by atoms with Gasteiger partial charge in [0.25, 0.3) is 0 Å². The van der Waals surface area contributed by atoms with Gasteiger partial charge < -0.3 is 14.6 Å². The number of rotatable bonds is 45. The fourth-order valence-corrected chi connectivity index (χ4v) is 7.28. The van der Waals surface area contributed by atoms with Gasteiger partial charge in [-0.05, 0) is 44.9 Å². The summed E-state index contributed by atoms with van der Waals surface area (Å²) in [5.74, 6) is -0.616. The van der Waals surface area contributed by atoms with Crippen molar-refractivity contribution in [2.45, 2.75) is 264 Å². The first kappa shape index (κ1) is 54.1. The number of allylic oxidation sites excluding steroid dienone is 6. The Labute approximate surface area is 348 Å². The minimum atomic E-state index is -0.784. The molecule has 0 aromatic rings. The van der Waals surface area contributed by atoms with Crippen molar-refractivity contribution in [3.8, 4) is 0 Å². The highest BCUT2D eigenvalue weighted by Crippen LogP contribution is 2.17. The SMILES string of the molecule is CC/C=C\C/C=C\C/C=C\CCCCCC(=O)OC(CO)COC(=O)CCCCCCCCCCCCCCCCCCCCCCCCCCCCCCC. The van der Waals surface area contributed by atoms with Crippen LogP contribution in [0.1, 0.15) is 258 Å². The molecule has 1 unspecified atom stereocenters. The lowest BCUT2D eigenvalue weighted by atomic mass is 10.0. The minimum absolute atomic E-state index is 0.0746. The number of aliphatic hydroxyl groups excluding tert-OH is 1. The third-order valence-corrected chi connectivity index (χ3v) is 10.9. The normalized spacial score (nSPS) is 12.4. The fraction of sp³-hybridized carbons (Fsp3) is 0.843. The zero-order chi connectivity index (χ0) is 40.7. The van der Waals surface area contributed by atoms with Crippen molar-refractivity contribution in [2.75, 3.05) is 13.2 Å². The molecule has 0 aromatic heterocycles. The largest absolute Gasteiger partial charge is 0.462 e. The Morgan fingerprint density at radius 1 is 0.429 bits per heavy atom. The van der Waals surface area contributed by atoms with Crippen LogP contribution in [0.5, 0.6) is 0 Å². The number of hydrogen-bond donors (Lipinski definition) is 1. The monoisotopic (exact) mass is 787 g/mol. The molecular weight excluding hydrogens is 693 g/mol. The van der Waals surface area contributed by atoms with E-state index in [-0.39, 0.29) is 25.2 Å². The third-order valence-electron chi connectivity index (χ3n) is 10.9. The second-order valence-corrected chi connectivity index (χ2v) is 16.5. The second kappa shape index (κ2) is 47.5. The van der Waals surface area contributed by atoms with E-state index in [1.54, 1.807) is 0 Å². The lowest BCUT2D eigenvalue weighted by Crippen LogP contribution is -2.28. The van der Waals surface area contributed by atoms with Gasteiger partial charge in [0.05, 0.1) is 6.61 Å². The molecule has 0 amide bonds. The van der Waals surface area contributed by atoms with Gasteiger partial charge in [-0.15, -0.1) is 0 Å². The highest BCUT2D eigenvalue weighted by molar-refractivity contribution is 5.70. The average molecular weight is 787 g/mol. The van der Waals surface area contributed by atoms with E-state index in [4.69, 9.17) is 9.47 Å². The summed E-state index contributed by atoms with van der Waals surface area (Å²) < 4.78 is 10.6. The van der Waals surface area contributed by atoms with Crippen LogP contribution < -0.4 is 0 Å². The highest BCUT2D eigenvalue weighted by Gasteiger charge is 2.16. The Kier molecular flexibility index (Phi) is 45.9. The number of carbonyl (C=O) groups excluding carboxylic acids is 2. The lowest BCUT2D eigenvalue weighted by Gasteiger charge is -2.15. The van der Waals surface area contributed by atoms with Crippen molar-refractivity contribution >= 4 is 11.9 Å². The summed E-state index contributed by atoms with van der Waals surface area (Å²) in [6.45, 7) is 4.02. The van der Waals surface area contributed by atoms with Crippen LogP contribution in [-0.4, -0.2) is 36.4 Å². The van der Waals surface area contributed by atoms with Crippen LogP contribution in [-0.2, 0) is 19.1 Å². The van der Waals surface area contributed by atoms with Crippen molar-refractivity contribution in [3.63, 3.8) is 0 Å². The molecule has 0 rings (SSSR count). The minimum Gasteiger partial charge on any atom is -0.462 e. The molecule has 0 fully saturated rings. The predicted molar refractivity (Wildman–Crippen MR) is 242 cm³/mol. The van der Waals surface area contributed by atoms with E-state index < -0.39 is 6.10 Å². The molecule has 0 saturated heterocycles. The first-order valence-corrected chi connectivity index (χ1v) is 24.5. The molecule has 5 heteroatoms. The van der Waals surface area contributed by atoms with E-state index in [1.165, 1.54) is 167 Å². The number of esters is 2. The standard InChI is InChI=1S/C51H94O5/c1-3-5-7-9-11-13-15-17-18-19-20-21-22-23-24-25-26-27-28-29-30-31-32-34-35-37-39-41-43-45-50(53)55-48-49(47-52)56-51(54)46-44-42-40-38-36-33-16-14-12-10-8-6-4-2/h6,8,12,14,33,36,49,52H,3-5,7,9-11,13,15-32,34-35,37-48H2,1-2H3/b8-6-,14-12-,36-33-. The van der Waals surface area contributed by atoms with E-state index in [1.807, 2.05) is 0 Å². The molecule has 0 bridgehead atoms. The maximum atomic E-state index is 12.2. The molecule has 1 N–H and O–H groups in total. The molecule has 0 spiro atoms. The van der Waals surface area contributed by atoms with Gasteiger partial charge in [-0.1, -0.05) is 237 Å². The van der Waals surface area contributed by atoms with Crippen molar-refractivity contribution in [1.82, 2.24) is 0 Å². The zero-order valence-corrected chi connectivity index (χ0v) is 37.4. The van der Waals surface area contributed by atoms with Gasteiger partial charge in [-0.2, -0.15) is 0 Å². The summed E-state index contributed by atoms with van der Waals surface area (Å²) in [5, 5.41) is 9.58. The van der Waals surface area contributed by atoms with Gasteiger partial charge in [-0.25, -0.2) is 0 Å². The number of aliphatic hydroxyl groups is 1. The molecule has 56 heavy (non-hydrogen) atoms. The van der Waals surface area contributed by atoms with Crippen LogP contribution in [0.15, 0.2) is 36.5 Å². The van der Waals surface area contributed by atoms with Gasteiger partial charge in [-0.3, -0.25) is 9.59 Å². The number of unbranched alkanes of at least 4 members (excludes halogenated alkanes) is 31. The van der Waals surface area contributed by atoms with Crippen molar-refractivity contribution in [2.24, 2.45) is 0 Å². The maximum absolute atomic E-state index is 12.2. The zero-order valence-electron chi connectivity index (χ0n) is 37.4. The summed E-state index contributed by atoms with van der Waals surface area (Å²) >= 11 is 0. The Morgan fingerprint density at radius 3 is 1.16 bits per heavy atom. The molecule has 0 aliphatic carbocycles. The smallest absolute Gasteiger partial charge is 0.306 e. The van der Waals surface area contributed by atoms with Gasteiger partial charge >= 0.3 is 11.9 Å². The van der Waals surface area contributed by atoms with E-state index in [9.17, 15) is 14.7 Å². The Bertz CT molecular complexity index is 893. The molecule has 328 valence electrons. The first-order valence-electron chi connectivity index (χ1n) is 24.5. The van der Waals surface area contributed by atoms with Crippen LogP contribution >= 0.6 is 0 Å². The van der Waals surface area contributed by atoms with Crippen molar-refractivity contribution in [1.29, 1.82) is 0 Å². The van der Waals surface area contributed by atoms with E-state index in [0.717, 1.165) is 64.2 Å². The maximum Gasteiger partial charge on any atom is 0.306 e. The molecular formula is C51H94O5. The molecule has 5 nitrogen and oxygen atoms in total. The van der Waals surface area contributed by atoms with Gasteiger partial charge in [0.1, 0.15) is 6.61 Å². The summed E-state index contributed by atoms with van der Waals surface area (Å²) in [7, 11) is 0. The van der Waals surface area contributed by atoms with E-state index in [2.05, 4.69) is 50.3 Å². The average Bonchev–Trinajstić information content (AvgIpc) is 3.20. The molecule has 1 atom stereocenters. The summed E-state index contributed by atoms with van der Waals surface area (Å²) in [6, 6.07) is 0. The van der Waals surface area contributed by atoms with Crippen molar-refractivity contribution < 1.29 is 24.2 Å². The van der Waals surface area contributed by atoms with Crippen LogP contribution in [0.25, 0.3) is 0 Å². The molecule has 0 aliphatic rings. The van der Waals surface area contributed by atoms with Crippen LogP contribution in [0.3, 0.4) is 0 Å². The second-order valence-electron chi connectivity index (χ2n) is 16.5. The molecule has 0 saturated carbocycles. The van der Waals surface area contributed by atoms with Gasteiger partial charge in [0, 0.05) is 12.8 Å². The summed E-state index contributed by atoms with van der Waals surface area (Å²) in [5.41, 5.74) is 0. The Balaban J connectivity index is 3.42. The number of carbonyl (C=O) groups is 2. The quantitative estimate of drug-likeness (QED) is 0.0378. The van der Waals surface area contributed by atoms with Gasteiger partial charge in [0.2, 0.25) is 0 Å². The predicted octanol–water partition coefficient (Wildman–Crippen LogP) is 16.0. The van der Waals surface area contributed by atoms with E-state index in [0.29, 0.717) is 12.8 Å². The van der Waals surface area contributed by atoms with E-state index >= 15 is 0 Å². The van der Waals surface area contributed by atoms with Crippen molar-refractivity contribution in [3.05, 3.63) is 36.5 Å². The molecule has 0 heterocycles. The topological polar surface area (TPSA) is 72.8 Å². The Morgan fingerprint density at radius 2 is 0.768 bits per heavy atom. The summed E-state index contributed by atoms with van der Waals surface area (Å²) in [4.78, 5) is 24.3. The lowest BCUT2D eigenvalue weighted by molar-refractivity contribution is -0.161. The molecule has 0 aliphatic heterocycles. The van der Waals surface area contributed by atoms with Gasteiger partial charge in [0.15, 0.2) is 6.10 Å². The van der Waals surface area contributed by atoms with Crippen LogP contribution in [0.4, 0.5) is 0 Å². The van der Waals surface area contributed by atoms with Crippen LogP contribution in [0, 0.1) is 0 Å². The summed E-state index contributed by atoms with van der Waals surface area (Å²) in [6.07, 6.45) is 59.7. The number of hydrogen-bond acceptors (Lipinski definition) is 5. The third kappa shape index (κ3) is 44.8. The highest BCUT2D eigenvalue weighted by atomic mass is 16.6. The molecule has 0 aromatic carbocycles. The van der Waals surface area contributed by atoms with Crippen LogP contribution in [0.2, 0.25) is 0 Å². The number of ether oxygens (including phenoxy) is 2. The fourth-order valence-electron chi connectivity index (χ4n) is 7.28. The Hall–Kier alpha value is -1.88.